The van der Waals surface area contributed by atoms with Crippen molar-refractivity contribution < 1.29 is 13.2 Å². The standard InChI is InChI=1S/C17H13F3N2/c18-17(19,20)12-22-11-10-21-16(13-6-2-1-3-7-13)14-8-4-5-9-15(14)22/h1-11H,12H2. The summed E-state index contributed by atoms with van der Waals surface area (Å²) >= 11 is 0. The Morgan fingerprint density at radius 1 is 0.909 bits per heavy atom. The molecule has 0 radical (unpaired) electrons. The minimum Gasteiger partial charge on any atom is -0.337 e. The molecule has 0 atom stereocenters. The van der Waals surface area contributed by atoms with Gasteiger partial charge in [-0.25, -0.2) is 0 Å². The van der Waals surface area contributed by atoms with Crippen LogP contribution in [0.2, 0.25) is 0 Å². The van der Waals surface area contributed by atoms with E-state index in [1.54, 1.807) is 24.3 Å². The van der Waals surface area contributed by atoms with Gasteiger partial charge in [0.1, 0.15) is 6.54 Å². The molecule has 0 fully saturated rings. The summed E-state index contributed by atoms with van der Waals surface area (Å²) in [6.07, 6.45) is -1.51. The Kier molecular flexibility index (Phi) is 3.71. The number of benzene rings is 2. The zero-order valence-electron chi connectivity index (χ0n) is 11.6. The lowest BCUT2D eigenvalue weighted by atomic mass is 10.0. The summed E-state index contributed by atoms with van der Waals surface area (Å²) in [5.41, 5.74) is 2.71. The van der Waals surface area contributed by atoms with E-state index >= 15 is 0 Å². The highest BCUT2D eigenvalue weighted by Crippen LogP contribution is 2.29. The third-order valence-corrected chi connectivity index (χ3v) is 3.32. The largest absolute Gasteiger partial charge is 0.406 e. The Bertz CT molecular complexity index is 718. The van der Waals surface area contributed by atoms with Gasteiger partial charge in [-0.3, -0.25) is 4.99 Å². The molecule has 2 aromatic rings. The molecule has 0 spiro atoms. The van der Waals surface area contributed by atoms with Gasteiger partial charge in [0.2, 0.25) is 0 Å². The number of alkyl halides is 3. The van der Waals surface area contributed by atoms with Gasteiger partial charge in [-0.2, -0.15) is 13.2 Å². The molecule has 0 saturated heterocycles. The van der Waals surface area contributed by atoms with E-state index in [0.29, 0.717) is 17.0 Å². The molecule has 2 nitrogen and oxygen atoms in total. The lowest BCUT2D eigenvalue weighted by molar-refractivity contribution is -0.118. The van der Waals surface area contributed by atoms with Crippen LogP contribution in [0.5, 0.6) is 0 Å². The predicted octanol–water partition coefficient (Wildman–Crippen LogP) is 4.38. The van der Waals surface area contributed by atoms with E-state index in [1.807, 2.05) is 30.3 Å². The highest BCUT2D eigenvalue weighted by molar-refractivity contribution is 6.16. The van der Waals surface area contributed by atoms with E-state index in [1.165, 1.54) is 17.3 Å². The van der Waals surface area contributed by atoms with Crippen molar-refractivity contribution in [3.63, 3.8) is 0 Å². The zero-order valence-corrected chi connectivity index (χ0v) is 11.6. The van der Waals surface area contributed by atoms with Gasteiger partial charge in [-0.1, -0.05) is 48.5 Å². The predicted molar refractivity (Wildman–Crippen MR) is 81.1 cm³/mol. The van der Waals surface area contributed by atoms with Crippen molar-refractivity contribution in [2.24, 2.45) is 4.99 Å². The van der Waals surface area contributed by atoms with Crippen molar-refractivity contribution in [2.75, 3.05) is 11.4 Å². The van der Waals surface area contributed by atoms with Crippen molar-refractivity contribution in [1.82, 2.24) is 0 Å². The molecule has 0 amide bonds. The van der Waals surface area contributed by atoms with Crippen LogP contribution in [0.1, 0.15) is 11.1 Å². The second-order valence-electron chi connectivity index (χ2n) is 4.90. The second-order valence-corrected chi connectivity index (χ2v) is 4.90. The van der Waals surface area contributed by atoms with Crippen LogP contribution in [0.3, 0.4) is 0 Å². The Labute approximate surface area is 126 Å². The van der Waals surface area contributed by atoms with Crippen LogP contribution in [-0.4, -0.2) is 18.4 Å². The van der Waals surface area contributed by atoms with Crippen LogP contribution >= 0.6 is 0 Å². The fourth-order valence-electron chi connectivity index (χ4n) is 2.42. The molecular formula is C17H13F3N2. The first kappa shape index (κ1) is 14.4. The molecular weight excluding hydrogens is 289 g/mol. The molecule has 0 saturated carbocycles. The fourth-order valence-corrected chi connectivity index (χ4v) is 2.42. The maximum absolute atomic E-state index is 12.8. The Hall–Kier alpha value is -2.56. The Morgan fingerprint density at radius 2 is 1.59 bits per heavy atom. The molecule has 1 heterocycles. The van der Waals surface area contributed by atoms with Gasteiger partial charge in [0.15, 0.2) is 0 Å². The Balaban J connectivity index is 2.07. The summed E-state index contributed by atoms with van der Waals surface area (Å²) in [5.74, 6) is 0. The summed E-state index contributed by atoms with van der Waals surface area (Å²) in [5, 5.41) is 0. The number of nitrogens with zero attached hydrogens (tertiary/aromatic N) is 2. The van der Waals surface area contributed by atoms with E-state index in [2.05, 4.69) is 4.99 Å². The molecule has 1 aliphatic heterocycles. The van der Waals surface area contributed by atoms with Gasteiger partial charge in [-0.15, -0.1) is 0 Å². The van der Waals surface area contributed by atoms with Crippen LogP contribution in [0, 0.1) is 0 Å². The van der Waals surface area contributed by atoms with E-state index in [9.17, 15) is 13.2 Å². The van der Waals surface area contributed by atoms with E-state index < -0.39 is 12.7 Å². The molecule has 0 N–H and O–H groups in total. The molecule has 0 unspecified atom stereocenters. The third-order valence-electron chi connectivity index (χ3n) is 3.32. The second kappa shape index (κ2) is 5.67. The fraction of sp³-hybridized carbons (Fsp3) is 0.118. The van der Waals surface area contributed by atoms with Crippen molar-refractivity contribution in [3.8, 4) is 0 Å². The molecule has 5 heteroatoms. The summed E-state index contributed by atoms with van der Waals surface area (Å²) < 4.78 is 38.3. The van der Waals surface area contributed by atoms with Crippen LogP contribution in [0.25, 0.3) is 0 Å². The van der Waals surface area contributed by atoms with Gasteiger partial charge in [0.25, 0.3) is 0 Å². The van der Waals surface area contributed by atoms with Crippen LogP contribution in [0.15, 0.2) is 72.0 Å². The molecule has 2 aromatic carbocycles. The van der Waals surface area contributed by atoms with Crippen molar-refractivity contribution in [2.45, 2.75) is 6.18 Å². The molecule has 0 aliphatic carbocycles. The summed E-state index contributed by atoms with van der Waals surface area (Å²) in [7, 11) is 0. The number of hydrogen-bond donors (Lipinski definition) is 0. The number of para-hydroxylation sites is 1. The quantitative estimate of drug-likeness (QED) is 0.804. The highest BCUT2D eigenvalue weighted by Gasteiger charge is 2.31. The highest BCUT2D eigenvalue weighted by atomic mass is 19.4. The smallest absolute Gasteiger partial charge is 0.337 e. The average Bonchev–Trinajstić information content (AvgIpc) is 2.67. The summed E-state index contributed by atoms with van der Waals surface area (Å²) in [6, 6.07) is 16.4. The molecule has 1 aliphatic rings. The van der Waals surface area contributed by atoms with E-state index in [4.69, 9.17) is 0 Å². The minimum atomic E-state index is -4.28. The van der Waals surface area contributed by atoms with Gasteiger partial charge in [0, 0.05) is 23.5 Å². The maximum Gasteiger partial charge on any atom is 0.406 e. The first-order chi connectivity index (χ1) is 10.5. The van der Waals surface area contributed by atoms with Crippen molar-refractivity contribution in [3.05, 3.63) is 78.1 Å². The molecule has 3 rings (SSSR count). The zero-order chi connectivity index (χ0) is 15.6. The van der Waals surface area contributed by atoms with Crippen LogP contribution in [-0.2, 0) is 0 Å². The Morgan fingerprint density at radius 3 is 2.32 bits per heavy atom. The molecule has 22 heavy (non-hydrogen) atoms. The van der Waals surface area contributed by atoms with Gasteiger partial charge < -0.3 is 4.90 Å². The number of hydrogen-bond acceptors (Lipinski definition) is 2. The normalized spacial score (nSPS) is 14.3. The number of aliphatic imine (C=N–C) groups is 1. The monoisotopic (exact) mass is 302 g/mol. The van der Waals surface area contributed by atoms with Gasteiger partial charge in [-0.05, 0) is 6.07 Å². The minimum absolute atomic E-state index is 0.496. The van der Waals surface area contributed by atoms with Crippen LogP contribution in [0.4, 0.5) is 18.9 Å². The third kappa shape index (κ3) is 3.03. The number of fused-ring (bicyclic) bond motifs is 1. The number of halogens is 3. The van der Waals surface area contributed by atoms with Gasteiger partial charge >= 0.3 is 6.18 Å². The molecule has 0 aromatic heterocycles. The lowest BCUT2D eigenvalue weighted by Crippen LogP contribution is -2.30. The van der Waals surface area contributed by atoms with Gasteiger partial charge in [0.05, 0.1) is 11.4 Å². The summed E-state index contributed by atoms with van der Waals surface area (Å²) in [6.45, 7) is -1.04. The van der Waals surface area contributed by atoms with Crippen molar-refractivity contribution >= 4 is 11.4 Å². The molecule has 0 bridgehead atoms. The number of rotatable bonds is 2. The topological polar surface area (TPSA) is 15.6 Å². The average molecular weight is 302 g/mol. The summed E-state index contributed by atoms with van der Waals surface area (Å²) in [4.78, 5) is 5.52. The number of anilines is 1. The first-order valence-corrected chi connectivity index (χ1v) is 6.77. The van der Waals surface area contributed by atoms with Crippen molar-refractivity contribution in [1.29, 1.82) is 0 Å². The first-order valence-electron chi connectivity index (χ1n) is 6.77. The van der Waals surface area contributed by atoms with E-state index in [-0.39, 0.29) is 0 Å². The van der Waals surface area contributed by atoms with E-state index in [0.717, 1.165) is 5.56 Å². The SMILES string of the molecule is FC(F)(F)CN1C=CN=C(c2ccccc2)c2ccccc21. The maximum atomic E-state index is 12.8. The molecule has 112 valence electrons. The lowest BCUT2D eigenvalue weighted by Gasteiger charge is -2.23. The van der Waals surface area contributed by atoms with Crippen LogP contribution < -0.4 is 4.90 Å².